The van der Waals surface area contributed by atoms with Gasteiger partial charge in [0.1, 0.15) is 0 Å². The van der Waals surface area contributed by atoms with E-state index in [9.17, 15) is 9.59 Å². The molecule has 6 heteroatoms. The van der Waals surface area contributed by atoms with Gasteiger partial charge in [-0.25, -0.2) is 0 Å². The van der Waals surface area contributed by atoms with E-state index in [0.29, 0.717) is 19.0 Å². The van der Waals surface area contributed by atoms with Gasteiger partial charge in [-0.1, -0.05) is 36.6 Å². The molecule has 5 nitrogen and oxygen atoms in total. The van der Waals surface area contributed by atoms with Crippen LogP contribution in [0.2, 0.25) is 5.02 Å². The number of piperidine rings is 1. The number of nitrogens with zero attached hydrogens (tertiary/aromatic N) is 2. The van der Waals surface area contributed by atoms with Crippen molar-refractivity contribution >= 4 is 23.4 Å². The Morgan fingerprint density at radius 3 is 2.43 bits per heavy atom. The molecule has 4 rings (SSSR count). The SMILES string of the molecule is O=C(NC1CCN(Cc2ccc(Cl)cc2)CC1)C1CC(=O)N(C2CCCC2)C1. The van der Waals surface area contributed by atoms with Crippen molar-refractivity contribution in [3.8, 4) is 0 Å². The number of hydrogen-bond donors (Lipinski definition) is 1. The second kappa shape index (κ2) is 8.83. The summed E-state index contributed by atoms with van der Waals surface area (Å²) in [6.45, 7) is 3.49. The van der Waals surface area contributed by atoms with E-state index in [1.807, 2.05) is 17.0 Å². The highest BCUT2D eigenvalue weighted by molar-refractivity contribution is 6.30. The monoisotopic (exact) mass is 403 g/mol. The maximum atomic E-state index is 12.7. The van der Waals surface area contributed by atoms with Gasteiger partial charge in [0, 0.05) is 49.7 Å². The van der Waals surface area contributed by atoms with E-state index in [0.717, 1.165) is 50.3 Å². The summed E-state index contributed by atoms with van der Waals surface area (Å²) < 4.78 is 0. The molecular weight excluding hydrogens is 374 g/mol. The van der Waals surface area contributed by atoms with Gasteiger partial charge in [0.25, 0.3) is 0 Å². The Hall–Kier alpha value is -1.59. The van der Waals surface area contributed by atoms with E-state index in [4.69, 9.17) is 11.6 Å². The third-order valence-corrected chi connectivity index (χ3v) is 6.80. The van der Waals surface area contributed by atoms with Crippen molar-refractivity contribution in [3.63, 3.8) is 0 Å². The van der Waals surface area contributed by atoms with E-state index >= 15 is 0 Å². The van der Waals surface area contributed by atoms with Gasteiger partial charge in [-0.2, -0.15) is 0 Å². The lowest BCUT2D eigenvalue weighted by atomic mass is 10.0. The molecule has 2 aliphatic heterocycles. The number of carbonyl (C=O) groups excluding carboxylic acids is 2. The molecule has 152 valence electrons. The van der Waals surface area contributed by atoms with E-state index in [-0.39, 0.29) is 23.8 Å². The Balaban J connectivity index is 1.22. The van der Waals surface area contributed by atoms with Crippen molar-refractivity contribution < 1.29 is 9.59 Å². The van der Waals surface area contributed by atoms with Crippen molar-refractivity contribution in [1.82, 2.24) is 15.1 Å². The zero-order valence-corrected chi connectivity index (χ0v) is 17.2. The molecule has 0 aromatic heterocycles. The number of nitrogens with one attached hydrogen (secondary N) is 1. The Morgan fingerprint density at radius 2 is 1.75 bits per heavy atom. The number of benzene rings is 1. The van der Waals surface area contributed by atoms with Crippen LogP contribution >= 0.6 is 11.6 Å². The Kier molecular flexibility index (Phi) is 6.22. The van der Waals surface area contributed by atoms with Gasteiger partial charge in [-0.3, -0.25) is 14.5 Å². The van der Waals surface area contributed by atoms with E-state index in [2.05, 4.69) is 22.3 Å². The highest BCUT2D eigenvalue weighted by Gasteiger charge is 2.39. The third-order valence-electron chi connectivity index (χ3n) is 6.55. The van der Waals surface area contributed by atoms with Crippen LogP contribution in [0.5, 0.6) is 0 Å². The molecule has 1 atom stereocenters. The zero-order valence-electron chi connectivity index (χ0n) is 16.4. The molecular formula is C22H30ClN3O2. The average molecular weight is 404 g/mol. The lowest BCUT2D eigenvalue weighted by Crippen LogP contribution is -2.46. The molecule has 28 heavy (non-hydrogen) atoms. The van der Waals surface area contributed by atoms with Gasteiger partial charge in [0.05, 0.1) is 5.92 Å². The molecule has 0 radical (unpaired) electrons. The summed E-state index contributed by atoms with van der Waals surface area (Å²) in [5.41, 5.74) is 1.27. The number of rotatable bonds is 5. The van der Waals surface area contributed by atoms with Crippen LogP contribution in [0.25, 0.3) is 0 Å². The van der Waals surface area contributed by atoms with Gasteiger partial charge in [-0.15, -0.1) is 0 Å². The van der Waals surface area contributed by atoms with Crippen LogP contribution < -0.4 is 5.32 Å². The van der Waals surface area contributed by atoms with Crippen LogP contribution in [0.1, 0.15) is 50.5 Å². The minimum Gasteiger partial charge on any atom is -0.353 e. The van der Waals surface area contributed by atoms with Crippen LogP contribution in [0.4, 0.5) is 0 Å². The van der Waals surface area contributed by atoms with E-state index in [1.54, 1.807) is 0 Å². The van der Waals surface area contributed by atoms with Gasteiger partial charge >= 0.3 is 0 Å². The van der Waals surface area contributed by atoms with Gasteiger partial charge in [0.15, 0.2) is 0 Å². The maximum absolute atomic E-state index is 12.7. The molecule has 1 aromatic carbocycles. The van der Waals surface area contributed by atoms with Gasteiger partial charge < -0.3 is 10.2 Å². The topological polar surface area (TPSA) is 52.7 Å². The fourth-order valence-corrected chi connectivity index (χ4v) is 5.00. The molecule has 1 N–H and O–H groups in total. The Morgan fingerprint density at radius 1 is 1.07 bits per heavy atom. The highest BCUT2D eigenvalue weighted by atomic mass is 35.5. The Bertz CT molecular complexity index is 694. The molecule has 0 spiro atoms. The number of carbonyl (C=O) groups is 2. The summed E-state index contributed by atoms with van der Waals surface area (Å²) in [4.78, 5) is 29.4. The fraction of sp³-hybridized carbons (Fsp3) is 0.636. The average Bonchev–Trinajstić information content (AvgIpc) is 3.34. The van der Waals surface area contributed by atoms with Gasteiger partial charge in [0.2, 0.25) is 11.8 Å². The van der Waals surface area contributed by atoms with Gasteiger partial charge in [-0.05, 0) is 43.4 Å². The smallest absolute Gasteiger partial charge is 0.225 e. The van der Waals surface area contributed by atoms with Crippen LogP contribution in [0, 0.1) is 5.92 Å². The normalized spacial score (nSPS) is 24.8. The summed E-state index contributed by atoms with van der Waals surface area (Å²) in [5, 5.41) is 3.99. The summed E-state index contributed by atoms with van der Waals surface area (Å²) >= 11 is 5.95. The second-order valence-electron chi connectivity index (χ2n) is 8.57. The number of hydrogen-bond acceptors (Lipinski definition) is 3. The molecule has 2 amide bonds. The molecule has 1 aromatic rings. The molecule has 2 saturated heterocycles. The maximum Gasteiger partial charge on any atom is 0.225 e. The van der Waals surface area contributed by atoms with Crippen LogP contribution in [-0.4, -0.2) is 53.3 Å². The predicted octanol–water partition coefficient (Wildman–Crippen LogP) is 3.21. The van der Waals surface area contributed by atoms with E-state index < -0.39 is 0 Å². The first-order valence-corrected chi connectivity index (χ1v) is 11.0. The fourth-order valence-electron chi connectivity index (χ4n) is 4.88. The predicted molar refractivity (Wildman–Crippen MR) is 110 cm³/mol. The standard InChI is InChI=1S/C22H30ClN3O2/c23-18-7-5-16(6-8-18)14-25-11-9-19(10-12-25)24-22(28)17-13-21(27)26(15-17)20-3-1-2-4-20/h5-8,17,19-20H,1-4,9-15H2,(H,24,28). The molecule has 1 saturated carbocycles. The molecule has 1 unspecified atom stereocenters. The van der Waals surface area contributed by atoms with Crippen molar-refractivity contribution in [2.45, 2.75) is 63.6 Å². The lowest BCUT2D eigenvalue weighted by molar-refractivity contribution is -0.130. The molecule has 3 fully saturated rings. The van der Waals surface area contributed by atoms with Crippen LogP contribution in [-0.2, 0) is 16.1 Å². The quantitative estimate of drug-likeness (QED) is 0.821. The number of likely N-dealkylation sites (tertiary alicyclic amines) is 2. The van der Waals surface area contributed by atoms with Crippen molar-refractivity contribution in [1.29, 1.82) is 0 Å². The third kappa shape index (κ3) is 4.69. The van der Waals surface area contributed by atoms with Crippen molar-refractivity contribution in [2.24, 2.45) is 5.92 Å². The van der Waals surface area contributed by atoms with Crippen LogP contribution in [0.3, 0.4) is 0 Å². The summed E-state index contributed by atoms with van der Waals surface area (Å²) in [5.74, 6) is 0.0787. The Labute approximate surface area is 172 Å². The first-order valence-electron chi connectivity index (χ1n) is 10.6. The van der Waals surface area contributed by atoms with E-state index in [1.165, 1.54) is 18.4 Å². The first-order chi connectivity index (χ1) is 13.6. The number of halogens is 1. The molecule has 1 aliphatic carbocycles. The van der Waals surface area contributed by atoms with Crippen LogP contribution in [0.15, 0.2) is 24.3 Å². The van der Waals surface area contributed by atoms with Crippen molar-refractivity contribution in [3.05, 3.63) is 34.9 Å². The molecule has 0 bridgehead atoms. The zero-order chi connectivity index (χ0) is 19.5. The summed E-state index contributed by atoms with van der Waals surface area (Å²) in [6.07, 6.45) is 6.94. The largest absolute Gasteiger partial charge is 0.353 e. The minimum atomic E-state index is -0.166. The molecule has 3 aliphatic rings. The highest BCUT2D eigenvalue weighted by Crippen LogP contribution is 2.29. The summed E-state index contributed by atoms with van der Waals surface area (Å²) in [7, 11) is 0. The second-order valence-corrected chi connectivity index (χ2v) is 9.01. The minimum absolute atomic E-state index is 0.0741. The summed E-state index contributed by atoms with van der Waals surface area (Å²) in [6, 6.07) is 8.61. The first kappa shape index (κ1) is 19.7. The molecule has 2 heterocycles. The van der Waals surface area contributed by atoms with Crippen molar-refractivity contribution in [2.75, 3.05) is 19.6 Å². The number of amides is 2. The lowest BCUT2D eigenvalue weighted by Gasteiger charge is -2.33.